The van der Waals surface area contributed by atoms with Gasteiger partial charge in [-0.2, -0.15) is 0 Å². The minimum atomic E-state index is -0.403. The highest BCUT2D eigenvalue weighted by molar-refractivity contribution is 5.71. The van der Waals surface area contributed by atoms with E-state index in [1.807, 2.05) is 20.8 Å². The molecule has 0 aromatic rings. The Morgan fingerprint density at radius 2 is 1.29 bits per heavy atom. The van der Waals surface area contributed by atoms with Gasteiger partial charge in [-0.15, -0.1) is 0 Å². The minimum Gasteiger partial charge on any atom is -0.444 e. The van der Waals surface area contributed by atoms with E-state index in [2.05, 4.69) is 4.90 Å². The summed E-state index contributed by atoms with van der Waals surface area (Å²) < 4.78 is 6.18. The van der Waals surface area contributed by atoms with Gasteiger partial charge < -0.3 is 4.74 Å². The first-order chi connectivity index (χ1) is 13.2. The molecule has 28 heavy (non-hydrogen) atoms. The molecule has 1 amide bonds. The quantitative estimate of drug-likeness (QED) is 0.569. The molecule has 8 aliphatic carbocycles. The number of nitrogens with zero attached hydrogens (tertiary/aromatic N) is 1. The van der Waals surface area contributed by atoms with E-state index >= 15 is 0 Å². The van der Waals surface area contributed by atoms with E-state index < -0.39 is 5.60 Å². The number of hydrogen-bond donors (Lipinski definition) is 0. The monoisotopic (exact) mass is 385 g/mol. The van der Waals surface area contributed by atoms with Crippen molar-refractivity contribution in [3.63, 3.8) is 0 Å². The zero-order chi connectivity index (χ0) is 19.3. The lowest BCUT2D eigenvalue weighted by atomic mass is 9.52. The van der Waals surface area contributed by atoms with Crippen molar-refractivity contribution in [1.29, 1.82) is 0 Å². The predicted octanol–water partition coefficient (Wildman–Crippen LogP) is 6.16. The second kappa shape index (κ2) is 5.70. The molecule has 8 saturated carbocycles. The fourth-order valence-corrected chi connectivity index (χ4v) is 9.69. The highest BCUT2D eigenvalue weighted by Gasteiger charge is 2.66. The fraction of sp³-hybridized carbons (Fsp3) is 0.960. The van der Waals surface area contributed by atoms with Crippen LogP contribution < -0.4 is 0 Å². The van der Waals surface area contributed by atoms with E-state index in [-0.39, 0.29) is 17.2 Å². The van der Waals surface area contributed by atoms with Crippen LogP contribution >= 0.6 is 0 Å². The minimum absolute atomic E-state index is 0.0441. The molecule has 156 valence electrons. The van der Waals surface area contributed by atoms with Crippen molar-refractivity contribution in [3.05, 3.63) is 0 Å². The van der Waals surface area contributed by atoms with Gasteiger partial charge in [0, 0.05) is 5.54 Å². The summed E-state index contributed by atoms with van der Waals surface area (Å²) >= 11 is 0. The van der Waals surface area contributed by atoms with Crippen LogP contribution in [0.1, 0.15) is 97.8 Å². The van der Waals surface area contributed by atoms with Gasteiger partial charge in [0.15, 0.2) is 0 Å². The summed E-state index contributed by atoms with van der Waals surface area (Å²) in [4.78, 5) is 16.4. The third kappa shape index (κ3) is 2.56. The Morgan fingerprint density at radius 3 is 1.75 bits per heavy atom. The first-order valence-electron chi connectivity index (χ1n) is 12.3. The Bertz CT molecular complexity index is 625. The number of ether oxygens (including phenoxy) is 1. The highest BCUT2D eigenvalue weighted by Crippen LogP contribution is 2.66. The Morgan fingerprint density at radius 1 is 0.786 bits per heavy atom. The highest BCUT2D eigenvalue weighted by atomic mass is 16.6. The molecule has 8 rings (SSSR count). The van der Waals surface area contributed by atoms with Crippen LogP contribution in [0.4, 0.5) is 4.79 Å². The van der Waals surface area contributed by atoms with Gasteiger partial charge in [0.2, 0.25) is 0 Å². The molecule has 0 aliphatic heterocycles. The van der Waals surface area contributed by atoms with Crippen molar-refractivity contribution in [2.45, 2.75) is 114 Å². The summed E-state index contributed by atoms with van der Waals surface area (Å²) in [6.45, 7) is 6.14. The standard InChI is InChI=1S/C25H39NO2/c1-23(2,3)28-22(27)26(24-11-18-6-19(12-24)8-20(7-18)13-24)25-14-16-4-5-17(15-25)10-21(25)9-16/h16-21H,4-15H2,1-3H3. The summed E-state index contributed by atoms with van der Waals surface area (Å²) in [6, 6.07) is 0. The average molecular weight is 386 g/mol. The predicted molar refractivity (Wildman–Crippen MR) is 110 cm³/mol. The van der Waals surface area contributed by atoms with Crippen LogP contribution in [0, 0.1) is 35.5 Å². The number of hydrogen-bond acceptors (Lipinski definition) is 2. The summed E-state index contributed by atoms with van der Waals surface area (Å²) in [6.07, 6.45) is 16.3. The Balaban J connectivity index is 1.43. The van der Waals surface area contributed by atoms with Gasteiger partial charge in [-0.1, -0.05) is 12.8 Å². The fourth-order valence-electron chi connectivity index (χ4n) is 9.69. The molecule has 2 atom stereocenters. The third-order valence-electron chi connectivity index (χ3n) is 9.76. The average Bonchev–Trinajstić information content (AvgIpc) is 2.85. The number of fused-ring (bicyclic) bond motifs is 1. The SMILES string of the molecule is CC(C)(C)OC(=O)N(C12CC3CC(CC(C3)C1)C2)C12CC3CCC(CC1C3)C2. The van der Waals surface area contributed by atoms with Crippen molar-refractivity contribution in [2.24, 2.45) is 35.5 Å². The third-order valence-corrected chi connectivity index (χ3v) is 9.76. The van der Waals surface area contributed by atoms with Crippen molar-refractivity contribution in [3.8, 4) is 0 Å². The van der Waals surface area contributed by atoms with Gasteiger partial charge in [-0.05, 0) is 120 Å². The van der Waals surface area contributed by atoms with Crippen LogP contribution in [0.2, 0.25) is 0 Å². The van der Waals surface area contributed by atoms with Gasteiger partial charge in [0.1, 0.15) is 5.60 Å². The Kier molecular flexibility index (Phi) is 3.68. The van der Waals surface area contributed by atoms with Gasteiger partial charge >= 0.3 is 6.09 Å². The molecule has 0 spiro atoms. The second-order valence-electron chi connectivity index (χ2n) is 12.9. The van der Waals surface area contributed by atoms with E-state index in [0.29, 0.717) is 0 Å². The molecule has 0 radical (unpaired) electrons. The smallest absolute Gasteiger partial charge is 0.411 e. The Labute approximate surface area is 170 Å². The summed E-state index contributed by atoms with van der Waals surface area (Å²) in [7, 11) is 0. The molecule has 2 unspecified atom stereocenters. The van der Waals surface area contributed by atoms with Crippen LogP contribution in [0.15, 0.2) is 0 Å². The van der Waals surface area contributed by atoms with E-state index in [4.69, 9.17) is 4.74 Å². The number of amides is 1. The van der Waals surface area contributed by atoms with Crippen LogP contribution in [-0.2, 0) is 4.74 Å². The molecule has 0 heterocycles. The van der Waals surface area contributed by atoms with Crippen LogP contribution in [0.5, 0.6) is 0 Å². The number of carbonyl (C=O) groups excluding carboxylic acids is 1. The molecule has 8 aliphatic rings. The zero-order valence-electron chi connectivity index (χ0n) is 18.2. The maximum absolute atomic E-state index is 13.9. The first kappa shape index (κ1) is 18.1. The van der Waals surface area contributed by atoms with Crippen LogP contribution in [0.25, 0.3) is 0 Å². The normalized spacial score (nSPS) is 50.8. The maximum Gasteiger partial charge on any atom is 0.411 e. The number of carbonyl (C=O) groups is 1. The molecule has 0 N–H and O–H groups in total. The van der Waals surface area contributed by atoms with Gasteiger partial charge in [0.25, 0.3) is 0 Å². The molecule has 3 nitrogen and oxygen atoms in total. The molecule has 3 heteroatoms. The lowest BCUT2D eigenvalue weighted by Gasteiger charge is -2.64. The lowest BCUT2D eigenvalue weighted by Crippen LogP contribution is -2.69. The van der Waals surface area contributed by atoms with Crippen molar-refractivity contribution >= 4 is 6.09 Å². The molecule has 8 bridgehead atoms. The van der Waals surface area contributed by atoms with Gasteiger partial charge in [-0.3, -0.25) is 4.90 Å². The van der Waals surface area contributed by atoms with Crippen LogP contribution in [0.3, 0.4) is 0 Å². The molecular formula is C25H39NO2. The molecule has 0 saturated heterocycles. The topological polar surface area (TPSA) is 29.5 Å². The van der Waals surface area contributed by atoms with E-state index in [1.165, 1.54) is 77.0 Å². The summed E-state index contributed by atoms with van der Waals surface area (Å²) in [5, 5.41) is 0. The first-order valence-corrected chi connectivity index (χ1v) is 12.3. The molecule has 0 aromatic heterocycles. The Hall–Kier alpha value is -0.730. The van der Waals surface area contributed by atoms with Crippen molar-refractivity contribution < 1.29 is 9.53 Å². The summed E-state index contributed by atoms with van der Waals surface area (Å²) in [5.74, 6) is 5.06. The van der Waals surface area contributed by atoms with E-state index in [1.54, 1.807) is 0 Å². The van der Waals surface area contributed by atoms with Crippen LogP contribution in [-0.4, -0.2) is 27.7 Å². The van der Waals surface area contributed by atoms with Gasteiger partial charge in [-0.25, -0.2) is 4.79 Å². The zero-order valence-corrected chi connectivity index (χ0v) is 18.2. The molecular weight excluding hydrogens is 346 g/mol. The second-order valence-corrected chi connectivity index (χ2v) is 12.9. The lowest BCUT2D eigenvalue weighted by molar-refractivity contribution is -0.130. The van der Waals surface area contributed by atoms with Gasteiger partial charge in [0.05, 0.1) is 5.54 Å². The largest absolute Gasteiger partial charge is 0.444 e. The van der Waals surface area contributed by atoms with Crippen molar-refractivity contribution in [2.75, 3.05) is 0 Å². The maximum atomic E-state index is 13.9. The van der Waals surface area contributed by atoms with E-state index in [9.17, 15) is 4.79 Å². The van der Waals surface area contributed by atoms with Crippen molar-refractivity contribution in [1.82, 2.24) is 4.90 Å². The van der Waals surface area contributed by atoms with E-state index in [0.717, 1.165) is 35.5 Å². The molecule has 0 aromatic carbocycles. The number of rotatable bonds is 2. The summed E-state index contributed by atoms with van der Waals surface area (Å²) in [5.41, 5.74) is -0.163. The molecule has 8 fully saturated rings.